The number of imide groups is 2. The first-order valence-electron chi connectivity index (χ1n) is 15.3. The third-order valence-corrected chi connectivity index (χ3v) is 8.28. The van der Waals surface area contributed by atoms with Gasteiger partial charge in [-0.25, -0.2) is 14.6 Å². The number of rotatable bonds is 11. The summed E-state index contributed by atoms with van der Waals surface area (Å²) in [5.74, 6) is 0.475. The maximum absolute atomic E-state index is 13.8. The lowest BCUT2D eigenvalue weighted by Crippen LogP contribution is -2.57. The Morgan fingerprint density at radius 3 is 1.71 bits per heavy atom. The molecule has 1 fully saturated rings. The zero-order valence-corrected chi connectivity index (χ0v) is 28.3. The largest absolute Gasteiger partial charge is 0.493 e. The van der Waals surface area contributed by atoms with E-state index in [1.54, 1.807) is 79.9 Å². The zero-order chi connectivity index (χ0) is 34.3. The number of anilines is 2. The summed E-state index contributed by atoms with van der Waals surface area (Å²) in [4.78, 5) is 43.2. The van der Waals surface area contributed by atoms with Gasteiger partial charge in [-0.05, 0) is 87.2 Å². The third kappa shape index (κ3) is 7.19. The summed E-state index contributed by atoms with van der Waals surface area (Å²) in [6, 6.07) is 35.0. The highest BCUT2D eigenvalue weighted by Gasteiger charge is 2.43. The molecule has 246 valence electrons. The quantitative estimate of drug-likeness (QED) is 0.100. The highest BCUT2D eigenvalue weighted by molar-refractivity contribution is 9.10. The number of hydrogen-bond donors (Lipinski definition) is 0. The van der Waals surface area contributed by atoms with Crippen LogP contribution in [0.5, 0.6) is 23.0 Å². The van der Waals surface area contributed by atoms with Crippen LogP contribution in [0.4, 0.5) is 16.2 Å². The van der Waals surface area contributed by atoms with Crippen molar-refractivity contribution in [2.75, 3.05) is 24.0 Å². The van der Waals surface area contributed by atoms with E-state index in [0.717, 1.165) is 20.9 Å². The van der Waals surface area contributed by atoms with E-state index in [0.29, 0.717) is 51.0 Å². The molecule has 1 saturated heterocycles. The Labute approximate surface area is 292 Å². The zero-order valence-electron chi connectivity index (χ0n) is 26.7. The van der Waals surface area contributed by atoms with Gasteiger partial charge < -0.3 is 18.9 Å². The number of ether oxygens (including phenoxy) is 4. The van der Waals surface area contributed by atoms with Crippen LogP contribution >= 0.6 is 15.9 Å². The van der Waals surface area contributed by atoms with Gasteiger partial charge in [0.25, 0.3) is 11.8 Å². The number of carbonyl (C=O) groups is 3. The molecule has 10 heteroatoms. The van der Waals surface area contributed by atoms with Crippen LogP contribution in [0.15, 0.2) is 131 Å². The van der Waals surface area contributed by atoms with Crippen molar-refractivity contribution in [3.8, 4) is 23.0 Å². The average Bonchev–Trinajstić information content (AvgIpc) is 3.13. The maximum Gasteiger partial charge on any atom is 0.343 e. The number of carbonyl (C=O) groups excluding carboxylic acids is 3. The fraction of sp³-hybridized carbons (Fsp3) is 0.103. The van der Waals surface area contributed by atoms with Crippen molar-refractivity contribution >= 4 is 51.2 Å². The first-order chi connectivity index (χ1) is 23.9. The number of benzene rings is 5. The monoisotopic (exact) mass is 718 g/mol. The van der Waals surface area contributed by atoms with Crippen LogP contribution < -0.4 is 28.7 Å². The Morgan fingerprint density at radius 2 is 1.14 bits per heavy atom. The Morgan fingerprint density at radius 1 is 0.592 bits per heavy atom. The molecular formula is C39H31BrN2O7. The Kier molecular flexibility index (Phi) is 10.1. The molecule has 5 aromatic carbocycles. The van der Waals surface area contributed by atoms with Gasteiger partial charge in [0.05, 0.1) is 30.1 Å². The number of methoxy groups -OCH3 is 2. The molecule has 0 N–H and O–H groups in total. The van der Waals surface area contributed by atoms with Crippen LogP contribution in [0, 0.1) is 0 Å². The van der Waals surface area contributed by atoms with Crippen LogP contribution in [0.25, 0.3) is 6.08 Å². The number of para-hydroxylation sites is 2. The van der Waals surface area contributed by atoms with Crippen molar-refractivity contribution in [3.05, 3.63) is 148 Å². The molecule has 1 aliphatic rings. The summed E-state index contributed by atoms with van der Waals surface area (Å²) in [6.45, 7) is 0.587. The predicted octanol–water partition coefficient (Wildman–Crippen LogP) is 8.21. The second-order valence-corrected chi connectivity index (χ2v) is 11.7. The minimum atomic E-state index is -0.764. The molecule has 0 atom stereocenters. The van der Waals surface area contributed by atoms with Gasteiger partial charge in [0.15, 0.2) is 23.0 Å². The second-order valence-electron chi connectivity index (χ2n) is 10.9. The van der Waals surface area contributed by atoms with Gasteiger partial charge in [-0.2, -0.15) is 0 Å². The molecule has 1 aliphatic heterocycles. The summed E-state index contributed by atoms with van der Waals surface area (Å²) < 4.78 is 23.9. The highest BCUT2D eigenvalue weighted by Crippen LogP contribution is 2.39. The lowest BCUT2D eigenvalue weighted by atomic mass is 10.0. The van der Waals surface area contributed by atoms with Crippen LogP contribution in [-0.2, 0) is 22.8 Å². The van der Waals surface area contributed by atoms with Crippen molar-refractivity contribution in [1.82, 2.24) is 0 Å². The summed E-state index contributed by atoms with van der Waals surface area (Å²) in [7, 11) is 3.08. The number of nitrogens with zero attached hydrogens (tertiary/aromatic N) is 2. The smallest absolute Gasteiger partial charge is 0.343 e. The van der Waals surface area contributed by atoms with E-state index in [-0.39, 0.29) is 12.2 Å². The number of hydrogen-bond acceptors (Lipinski definition) is 7. The van der Waals surface area contributed by atoms with Gasteiger partial charge in [-0.3, -0.25) is 9.59 Å². The first-order valence-corrected chi connectivity index (χ1v) is 16.1. The molecule has 9 nitrogen and oxygen atoms in total. The summed E-state index contributed by atoms with van der Waals surface area (Å²) >= 11 is 3.57. The first kappa shape index (κ1) is 33.0. The maximum atomic E-state index is 13.8. The van der Waals surface area contributed by atoms with Gasteiger partial charge in [0.2, 0.25) is 0 Å². The average molecular weight is 720 g/mol. The van der Waals surface area contributed by atoms with E-state index >= 15 is 0 Å². The Hall–Kier alpha value is -5.87. The van der Waals surface area contributed by atoms with Gasteiger partial charge in [0.1, 0.15) is 18.8 Å². The Bertz CT molecular complexity index is 1950. The fourth-order valence-electron chi connectivity index (χ4n) is 5.28. The standard InChI is InChI=1S/C39H31BrN2O7/c1-46-34-22-27(18-19-33(34)48-24-26-12-6-3-7-13-26)25-49-36-32(40)21-28(23-35(36)47-2)20-31-37(43)41(29-14-8-4-9-15-29)39(45)42(38(31)44)30-16-10-5-11-17-30/h3-23H,24-25H2,1-2H3. The topological polar surface area (TPSA) is 94.6 Å². The normalized spacial score (nSPS) is 13.0. The molecule has 49 heavy (non-hydrogen) atoms. The van der Waals surface area contributed by atoms with E-state index in [1.807, 2.05) is 48.5 Å². The van der Waals surface area contributed by atoms with E-state index in [4.69, 9.17) is 18.9 Å². The van der Waals surface area contributed by atoms with Crippen LogP contribution in [-0.4, -0.2) is 32.1 Å². The van der Waals surface area contributed by atoms with Gasteiger partial charge in [-0.15, -0.1) is 0 Å². The molecular weight excluding hydrogens is 688 g/mol. The van der Waals surface area contributed by atoms with Gasteiger partial charge in [-0.1, -0.05) is 72.8 Å². The van der Waals surface area contributed by atoms with Crippen molar-refractivity contribution in [3.63, 3.8) is 0 Å². The van der Waals surface area contributed by atoms with E-state index in [9.17, 15) is 14.4 Å². The molecule has 0 unspecified atom stereocenters. The number of halogens is 1. The van der Waals surface area contributed by atoms with E-state index in [2.05, 4.69) is 15.9 Å². The lowest BCUT2D eigenvalue weighted by molar-refractivity contribution is -0.121. The molecule has 0 radical (unpaired) electrons. The highest BCUT2D eigenvalue weighted by atomic mass is 79.9. The third-order valence-electron chi connectivity index (χ3n) is 7.69. The van der Waals surface area contributed by atoms with Crippen molar-refractivity contribution in [2.45, 2.75) is 13.2 Å². The van der Waals surface area contributed by atoms with Gasteiger partial charge in [0, 0.05) is 0 Å². The fourth-order valence-corrected chi connectivity index (χ4v) is 5.85. The molecule has 4 amide bonds. The molecule has 6 rings (SSSR count). The minimum Gasteiger partial charge on any atom is -0.493 e. The molecule has 1 heterocycles. The van der Waals surface area contributed by atoms with Crippen LogP contribution in [0.2, 0.25) is 0 Å². The van der Waals surface area contributed by atoms with Crippen molar-refractivity contribution < 1.29 is 33.3 Å². The number of barbiturate groups is 1. The molecule has 5 aromatic rings. The number of amides is 4. The molecule has 0 spiro atoms. The summed E-state index contributed by atoms with van der Waals surface area (Å²) in [6.07, 6.45) is 1.44. The van der Waals surface area contributed by atoms with E-state index in [1.165, 1.54) is 13.2 Å². The lowest BCUT2D eigenvalue weighted by Gasteiger charge is -2.34. The molecule has 0 aliphatic carbocycles. The van der Waals surface area contributed by atoms with Crippen LogP contribution in [0.3, 0.4) is 0 Å². The van der Waals surface area contributed by atoms with E-state index < -0.39 is 17.8 Å². The van der Waals surface area contributed by atoms with Crippen LogP contribution in [0.1, 0.15) is 16.7 Å². The van der Waals surface area contributed by atoms with Crippen molar-refractivity contribution in [1.29, 1.82) is 0 Å². The SMILES string of the molecule is COc1cc(COc2c(Br)cc(C=C3C(=O)N(c4ccccc4)C(=O)N(c4ccccc4)C3=O)cc2OC)ccc1OCc1ccccc1. The van der Waals surface area contributed by atoms with Crippen molar-refractivity contribution in [2.24, 2.45) is 0 Å². The molecule has 0 bridgehead atoms. The molecule has 0 aromatic heterocycles. The number of urea groups is 1. The Balaban J connectivity index is 1.26. The van der Waals surface area contributed by atoms with Gasteiger partial charge >= 0.3 is 6.03 Å². The molecule has 0 saturated carbocycles. The minimum absolute atomic E-state index is 0.182. The second kappa shape index (κ2) is 14.9. The predicted molar refractivity (Wildman–Crippen MR) is 190 cm³/mol. The summed E-state index contributed by atoms with van der Waals surface area (Å²) in [5.41, 5.74) is 2.83. The summed E-state index contributed by atoms with van der Waals surface area (Å²) in [5, 5.41) is 0.